The van der Waals surface area contributed by atoms with Crippen LogP contribution in [-0.4, -0.2) is 9.38 Å². The third-order valence-electron chi connectivity index (χ3n) is 2.60. The van der Waals surface area contributed by atoms with Crippen molar-refractivity contribution in [3.8, 4) is 0 Å². The van der Waals surface area contributed by atoms with Gasteiger partial charge < -0.3 is 5.73 Å². The van der Waals surface area contributed by atoms with Gasteiger partial charge in [-0.25, -0.2) is 4.98 Å². The first kappa shape index (κ1) is 11.4. The molecule has 16 heavy (non-hydrogen) atoms. The summed E-state index contributed by atoms with van der Waals surface area (Å²) in [6.45, 7) is 6.77. The summed E-state index contributed by atoms with van der Waals surface area (Å²) in [6.07, 6.45) is 1.92. The number of fused-ring (bicyclic) bond motifs is 1. The van der Waals surface area contributed by atoms with Crippen molar-refractivity contribution in [3.05, 3.63) is 34.7 Å². The summed E-state index contributed by atoms with van der Waals surface area (Å²) in [4.78, 5) is 4.61. The van der Waals surface area contributed by atoms with Gasteiger partial charge in [0, 0.05) is 23.7 Å². The molecule has 0 saturated heterocycles. The minimum absolute atomic E-state index is 0.0605. The van der Waals surface area contributed by atoms with Gasteiger partial charge in [-0.05, 0) is 6.07 Å². The number of halogens is 1. The molecule has 0 aromatic carbocycles. The summed E-state index contributed by atoms with van der Waals surface area (Å²) in [5.74, 6) is 0. The molecule has 2 N–H and O–H groups in total. The molecule has 0 unspecified atom stereocenters. The molecule has 0 aliphatic heterocycles. The number of pyridine rings is 1. The Bertz CT molecular complexity index is 523. The van der Waals surface area contributed by atoms with E-state index in [0.717, 1.165) is 16.9 Å². The predicted molar refractivity (Wildman–Crippen MR) is 66.8 cm³/mol. The van der Waals surface area contributed by atoms with Crippen molar-refractivity contribution in [1.82, 2.24) is 9.38 Å². The molecule has 0 atom stereocenters. The first-order valence-electron chi connectivity index (χ1n) is 5.31. The monoisotopic (exact) mass is 237 g/mol. The Morgan fingerprint density at radius 2 is 2.12 bits per heavy atom. The summed E-state index contributed by atoms with van der Waals surface area (Å²) in [6, 6.07) is 3.92. The van der Waals surface area contributed by atoms with E-state index in [1.165, 1.54) is 0 Å². The number of imidazole rings is 1. The lowest BCUT2D eigenvalue weighted by Gasteiger charge is -2.15. The van der Waals surface area contributed by atoms with Gasteiger partial charge in [-0.3, -0.25) is 4.40 Å². The topological polar surface area (TPSA) is 43.3 Å². The van der Waals surface area contributed by atoms with Crippen molar-refractivity contribution >= 4 is 17.2 Å². The minimum Gasteiger partial charge on any atom is -0.326 e. The third-order valence-corrected chi connectivity index (χ3v) is 2.96. The number of nitrogens with two attached hydrogens (primary N) is 1. The van der Waals surface area contributed by atoms with Gasteiger partial charge in [0.1, 0.15) is 10.8 Å². The Kier molecular flexibility index (Phi) is 2.68. The molecule has 0 radical (unpaired) electrons. The molecule has 4 heteroatoms. The highest BCUT2D eigenvalue weighted by molar-refractivity contribution is 6.30. The van der Waals surface area contributed by atoms with Gasteiger partial charge in [-0.2, -0.15) is 0 Å². The molecule has 0 bridgehead atoms. The molecule has 0 amide bonds. The fraction of sp³-hybridized carbons (Fsp3) is 0.417. The van der Waals surface area contributed by atoms with Gasteiger partial charge in [-0.15, -0.1) is 0 Å². The van der Waals surface area contributed by atoms with Crippen molar-refractivity contribution in [1.29, 1.82) is 0 Å². The van der Waals surface area contributed by atoms with Crippen molar-refractivity contribution in [2.75, 3.05) is 0 Å². The summed E-state index contributed by atoms with van der Waals surface area (Å²) >= 11 is 6.33. The fourth-order valence-corrected chi connectivity index (χ4v) is 2.19. The van der Waals surface area contributed by atoms with Gasteiger partial charge in [0.2, 0.25) is 0 Å². The van der Waals surface area contributed by atoms with Crippen LogP contribution in [0.25, 0.3) is 5.65 Å². The van der Waals surface area contributed by atoms with Crippen molar-refractivity contribution in [3.63, 3.8) is 0 Å². The minimum atomic E-state index is -0.0605. The number of hydrogen-bond donors (Lipinski definition) is 1. The molecule has 0 fully saturated rings. The standard InChI is InChI=1S/C12H16ClN3/c1-12(2,3)9-10(13)16-6-4-5-8(7-14)11(16)15-9/h4-6H,7,14H2,1-3H3. The zero-order chi connectivity index (χ0) is 11.9. The molecular weight excluding hydrogens is 222 g/mol. The van der Waals surface area contributed by atoms with E-state index in [-0.39, 0.29) is 5.41 Å². The molecule has 2 heterocycles. The highest BCUT2D eigenvalue weighted by Crippen LogP contribution is 2.30. The lowest BCUT2D eigenvalue weighted by molar-refractivity contribution is 0.573. The lowest BCUT2D eigenvalue weighted by atomic mass is 9.93. The number of nitrogens with zero attached hydrogens (tertiary/aromatic N) is 2. The van der Waals surface area contributed by atoms with Crippen LogP contribution in [0, 0.1) is 0 Å². The molecule has 2 aromatic rings. The molecule has 0 saturated carbocycles. The highest BCUT2D eigenvalue weighted by atomic mass is 35.5. The van der Waals surface area contributed by atoms with Gasteiger partial charge in [0.05, 0.1) is 5.69 Å². The Morgan fingerprint density at radius 1 is 1.44 bits per heavy atom. The van der Waals surface area contributed by atoms with Crippen molar-refractivity contribution in [2.24, 2.45) is 5.73 Å². The van der Waals surface area contributed by atoms with E-state index in [4.69, 9.17) is 17.3 Å². The number of rotatable bonds is 1. The van der Waals surface area contributed by atoms with Gasteiger partial charge in [0.15, 0.2) is 0 Å². The molecule has 0 aliphatic rings. The van der Waals surface area contributed by atoms with Crippen LogP contribution in [0.1, 0.15) is 32.0 Å². The van der Waals surface area contributed by atoms with Crippen LogP contribution in [0.3, 0.4) is 0 Å². The summed E-state index contributed by atoms with van der Waals surface area (Å²) in [7, 11) is 0. The Balaban J connectivity index is 2.77. The number of aromatic nitrogens is 2. The van der Waals surface area contributed by atoms with E-state index in [2.05, 4.69) is 25.8 Å². The molecular formula is C12H16ClN3. The molecule has 0 spiro atoms. The van der Waals surface area contributed by atoms with Crippen LogP contribution in [0.5, 0.6) is 0 Å². The molecule has 0 aliphatic carbocycles. The summed E-state index contributed by atoms with van der Waals surface area (Å²) in [5, 5.41) is 0.679. The third kappa shape index (κ3) is 1.70. The van der Waals surface area contributed by atoms with E-state index in [0.29, 0.717) is 11.7 Å². The predicted octanol–water partition coefficient (Wildman–Crippen LogP) is 2.74. The second-order valence-corrected chi connectivity index (χ2v) is 5.29. The quantitative estimate of drug-likeness (QED) is 0.829. The normalized spacial score (nSPS) is 12.3. The smallest absolute Gasteiger partial charge is 0.142 e. The Hall–Kier alpha value is -1.06. The van der Waals surface area contributed by atoms with Crippen LogP contribution in [0.15, 0.2) is 18.3 Å². The molecule has 2 aromatic heterocycles. The maximum Gasteiger partial charge on any atom is 0.142 e. The average Bonchev–Trinajstić information content (AvgIpc) is 2.56. The van der Waals surface area contributed by atoms with Crippen LogP contribution in [0.4, 0.5) is 0 Å². The average molecular weight is 238 g/mol. The highest BCUT2D eigenvalue weighted by Gasteiger charge is 2.23. The van der Waals surface area contributed by atoms with Crippen LogP contribution < -0.4 is 5.73 Å². The van der Waals surface area contributed by atoms with Gasteiger partial charge in [-0.1, -0.05) is 38.4 Å². The Morgan fingerprint density at radius 3 is 2.69 bits per heavy atom. The number of hydrogen-bond acceptors (Lipinski definition) is 2. The maximum absolute atomic E-state index is 6.33. The summed E-state index contributed by atoms with van der Waals surface area (Å²) < 4.78 is 1.89. The van der Waals surface area contributed by atoms with Gasteiger partial charge >= 0.3 is 0 Å². The second kappa shape index (κ2) is 3.75. The van der Waals surface area contributed by atoms with Crippen LogP contribution in [0.2, 0.25) is 5.15 Å². The van der Waals surface area contributed by atoms with E-state index < -0.39 is 0 Å². The first-order chi connectivity index (χ1) is 7.45. The molecule has 3 nitrogen and oxygen atoms in total. The van der Waals surface area contributed by atoms with Crippen LogP contribution in [-0.2, 0) is 12.0 Å². The Labute approximate surface area is 100 Å². The van der Waals surface area contributed by atoms with Gasteiger partial charge in [0.25, 0.3) is 0 Å². The summed E-state index contributed by atoms with van der Waals surface area (Å²) in [5.41, 5.74) is 8.41. The van der Waals surface area contributed by atoms with Crippen molar-refractivity contribution < 1.29 is 0 Å². The first-order valence-corrected chi connectivity index (χ1v) is 5.69. The molecule has 2 rings (SSSR count). The maximum atomic E-state index is 6.33. The van der Waals surface area contributed by atoms with E-state index in [1.54, 1.807) is 0 Å². The van der Waals surface area contributed by atoms with E-state index >= 15 is 0 Å². The SMILES string of the molecule is CC(C)(C)c1nc2c(CN)cccn2c1Cl. The fourth-order valence-electron chi connectivity index (χ4n) is 1.73. The zero-order valence-corrected chi connectivity index (χ0v) is 10.5. The second-order valence-electron chi connectivity index (χ2n) is 4.93. The van der Waals surface area contributed by atoms with E-state index in [1.807, 2.05) is 22.7 Å². The van der Waals surface area contributed by atoms with Crippen LogP contribution >= 0.6 is 11.6 Å². The largest absolute Gasteiger partial charge is 0.326 e. The van der Waals surface area contributed by atoms with Crippen molar-refractivity contribution in [2.45, 2.75) is 32.7 Å². The zero-order valence-electron chi connectivity index (χ0n) is 9.79. The molecule has 86 valence electrons. The van der Waals surface area contributed by atoms with E-state index in [9.17, 15) is 0 Å². The lowest BCUT2D eigenvalue weighted by Crippen LogP contribution is -2.12.